The third-order valence-corrected chi connectivity index (χ3v) is 4.73. The predicted molar refractivity (Wildman–Crippen MR) is 124 cm³/mol. The van der Waals surface area contributed by atoms with Crippen molar-refractivity contribution in [3.8, 4) is 11.8 Å². The minimum atomic E-state index is -0.380. The van der Waals surface area contributed by atoms with Crippen molar-refractivity contribution in [2.75, 3.05) is 31.3 Å². The first-order valence-electron chi connectivity index (χ1n) is 9.59. The number of aromatic nitrogens is 3. The van der Waals surface area contributed by atoms with E-state index in [1.54, 1.807) is 12.4 Å². The Morgan fingerprint density at radius 1 is 1.20 bits per heavy atom. The minimum absolute atomic E-state index is 0.380. The molecular weight excluding hydrogens is 444 g/mol. The summed E-state index contributed by atoms with van der Waals surface area (Å²) in [6, 6.07) is 7.74. The van der Waals surface area contributed by atoms with E-state index >= 15 is 0 Å². The normalized spacial score (nSPS) is 10.5. The molecule has 0 unspecified atom stereocenters. The van der Waals surface area contributed by atoms with Gasteiger partial charge >= 0.3 is 0 Å². The summed E-state index contributed by atoms with van der Waals surface area (Å²) in [6.45, 7) is 1.02. The van der Waals surface area contributed by atoms with Gasteiger partial charge in [-0.1, -0.05) is 27.9 Å². The van der Waals surface area contributed by atoms with Gasteiger partial charge in [-0.05, 0) is 57.6 Å². The first-order chi connectivity index (χ1) is 14.5. The molecule has 0 bridgehead atoms. The molecule has 0 aliphatic rings. The number of anilines is 3. The van der Waals surface area contributed by atoms with E-state index in [1.807, 2.05) is 38.4 Å². The summed E-state index contributed by atoms with van der Waals surface area (Å²) in [5.41, 5.74) is 1.99. The van der Waals surface area contributed by atoms with Crippen molar-refractivity contribution in [2.45, 2.75) is 19.3 Å². The zero-order valence-corrected chi connectivity index (χ0v) is 18.5. The Labute approximate surface area is 184 Å². The van der Waals surface area contributed by atoms with Crippen LogP contribution in [-0.4, -0.2) is 46.4 Å². The van der Waals surface area contributed by atoms with E-state index in [1.165, 1.54) is 6.33 Å². The van der Waals surface area contributed by atoms with E-state index in [2.05, 4.69) is 58.3 Å². The molecule has 0 aliphatic heterocycles. The standard InChI is InChI=1S/C22H23BrN6O/c1-29(2)11-6-4-3-5-10-20(30)28-19-14-24-13-18-21(19)22(26-15-25-18)27-17-9-7-8-16(23)12-17/h7-9,12-15H,3-4,6,11H2,1-2H3,(H,28,30)(H,25,26,27). The Balaban J connectivity index is 1.75. The summed E-state index contributed by atoms with van der Waals surface area (Å²) in [5, 5.41) is 6.77. The Kier molecular flexibility index (Phi) is 7.71. The molecule has 0 spiro atoms. The SMILES string of the molecule is CN(C)CCCCC#CC(=O)Nc1cncc2ncnc(Nc3cccc(Br)c3)c12. The molecule has 2 aromatic heterocycles. The molecule has 2 N–H and O–H groups in total. The summed E-state index contributed by atoms with van der Waals surface area (Å²) in [4.78, 5) is 27.2. The molecule has 8 heteroatoms. The van der Waals surface area contributed by atoms with Crippen molar-refractivity contribution in [3.05, 3.63) is 47.5 Å². The fourth-order valence-corrected chi connectivity index (χ4v) is 3.24. The number of halogens is 1. The van der Waals surface area contributed by atoms with Gasteiger partial charge in [-0.15, -0.1) is 0 Å². The summed E-state index contributed by atoms with van der Waals surface area (Å²) in [6.07, 6.45) is 7.38. The van der Waals surface area contributed by atoms with Crippen LogP contribution in [0.4, 0.5) is 17.2 Å². The maximum absolute atomic E-state index is 12.3. The van der Waals surface area contributed by atoms with Crippen molar-refractivity contribution in [2.24, 2.45) is 0 Å². The van der Waals surface area contributed by atoms with Crippen LogP contribution in [0.2, 0.25) is 0 Å². The Morgan fingerprint density at radius 3 is 2.87 bits per heavy atom. The van der Waals surface area contributed by atoms with Crippen molar-refractivity contribution in [1.82, 2.24) is 19.9 Å². The van der Waals surface area contributed by atoms with Crippen molar-refractivity contribution in [1.29, 1.82) is 0 Å². The average molecular weight is 467 g/mol. The van der Waals surface area contributed by atoms with Gasteiger partial charge in [-0.3, -0.25) is 9.78 Å². The van der Waals surface area contributed by atoms with Gasteiger partial charge in [0.1, 0.15) is 12.1 Å². The molecule has 30 heavy (non-hydrogen) atoms. The number of amides is 1. The number of pyridine rings is 1. The molecule has 0 saturated carbocycles. The van der Waals surface area contributed by atoms with Gasteiger partial charge in [0.05, 0.1) is 29.0 Å². The highest BCUT2D eigenvalue weighted by Crippen LogP contribution is 2.29. The summed E-state index contributed by atoms with van der Waals surface area (Å²) in [5.74, 6) is 5.78. The highest BCUT2D eigenvalue weighted by atomic mass is 79.9. The van der Waals surface area contributed by atoms with E-state index < -0.39 is 0 Å². The molecule has 3 aromatic rings. The van der Waals surface area contributed by atoms with Gasteiger partial charge in [0, 0.05) is 16.6 Å². The molecule has 1 aromatic carbocycles. The minimum Gasteiger partial charge on any atom is -0.340 e. The van der Waals surface area contributed by atoms with Crippen LogP contribution in [0, 0.1) is 11.8 Å². The van der Waals surface area contributed by atoms with E-state index in [-0.39, 0.29) is 5.91 Å². The van der Waals surface area contributed by atoms with Gasteiger partial charge in [0.15, 0.2) is 0 Å². The molecule has 0 radical (unpaired) electrons. The monoisotopic (exact) mass is 466 g/mol. The molecule has 154 valence electrons. The quantitative estimate of drug-likeness (QED) is 0.400. The van der Waals surface area contributed by atoms with Crippen LogP contribution in [0.5, 0.6) is 0 Å². The van der Waals surface area contributed by atoms with E-state index in [0.717, 1.165) is 29.5 Å². The molecular formula is C22H23BrN6O. The molecule has 0 fully saturated rings. The molecule has 1 amide bonds. The Bertz CT molecular complexity index is 1080. The fourth-order valence-electron chi connectivity index (χ4n) is 2.84. The average Bonchev–Trinajstić information content (AvgIpc) is 2.71. The van der Waals surface area contributed by atoms with Crippen LogP contribution in [0.1, 0.15) is 19.3 Å². The van der Waals surface area contributed by atoms with E-state index in [0.29, 0.717) is 28.8 Å². The first-order valence-corrected chi connectivity index (χ1v) is 10.4. The van der Waals surface area contributed by atoms with E-state index in [9.17, 15) is 4.79 Å². The van der Waals surface area contributed by atoms with Crippen molar-refractivity contribution in [3.63, 3.8) is 0 Å². The second kappa shape index (κ2) is 10.7. The number of hydrogen-bond donors (Lipinski definition) is 2. The lowest BCUT2D eigenvalue weighted by molar-refractivity contribution is -0.111. The number of carbonyl (C=O) groups excluding carboxylic acids is 1. The second-order valence-corrected chi connectivity index (χ2v) is 7.87. The lowest BCUT2D eigenvalue weighted by Gasteiger charge is -2.11. The lowest BCUT2D eigenvalue weighted by atomic mass is 10.2. The number of hydrogen-bond acceptors (Lipinski definition) is 6. The maximum Gasteiger partial charge on any atom is 0.300 e. The zero-order chi connectivity index (χ0) is 21.3. The maximum atomic E-state index is 12.3. The largest absolute Gasteiger partial charge is 0.340 e. The summed E-state index contributed by atoms with van der Waals surface area (Å²) >= 11 is 3.46. The van der Waals surface area contributed by atoms with Gasteiger partial charge < -0.3 is 15.5 Å². The molecule has 3 rings (SSSR count). The number of benzene rings is 1. The van der Waals surface area contributed by atoms with Crippen LogP contribution in [0.25, 0.3) is 10.9 Å². The van der Waals surface area contributed by atoms with Gasteiger partial charge in [0.25, 0.3) is 5.91 Å². The number of fused-ring (bicyclic) bond motifs is 1. The number of nitrogens with zero attached hydrogens (tertiary/aromatic N) is 4. The summed E-state index contributed by atoms with van der Waals surface area (Å²) in [7, 11) is 4.08. The molecule has 0 aliphatic carbocycles. The lowest BCUT2D eigenvalue weighted by Crippen LogP contribution is -2.12. The van der Waals surface area contributed by atoms with Crippen LogP contribution >= 0.6 is 15.9 Å². The number of rotatable bonds is 7. The smallest absolute Gasteiger partial charge is 0.300 e. The number of nitrogens with one attached hydrogen (secondary N) is 2. The molecule has 0 atom stereocenters. The number of unbranched alkanes of at least 4 members (excludes halogenated alkanes) is 2. The van der Waals surface area contributed by atoms with Gasteiger partial charge in [-0.2, -0.15) is 0 Å². The van der Waals surface area contributed by atoms with Crippen molar-refractivity contribution < 1.29 is 4.79 Å². The molecule has 7 nitrogen and oxygen atoms in total. The molecule has 2 heterocycles. The predicted octanol–water partition coefficient (Wildman–Crippen LogP) is 4.20. The van der Waals surface area contributed by atoms with Gasteiger partial charge in [0.2, 0.25) is 0 Å². The third kappa shape index (κ3) is 6.24. The van der Waals surface area contributed by atoms with Crippen LogP contribution in [0.15, 0.2) is 47.5 Å². The topological polar surface area (TPSA) is 83.0 Å². The highest BCUT2D eigenvalue weighted by Gasteiger charge is 2.12. The molecule has 0 saturated heterocycles. The van der Waals surface area contributed by atoms with Crippen LogP contribution in [-0.2, 0) is 4.79 Å². The van der Waals surface area contributed by atoms with Gasteiger partial charge in [-0.25, -0.2) is 9.97 Å². The van der Waals surface area contributed by atoms with Crippen LogP contribution in [0.3, 0.4) is 0 Å². The fraction of sp³-hybridized carbons (Fsp3) is 0.273. The third-order valence-electron chi connectivity index (χ3n) is 4.24. The first kappa shape index (κ1) is 21.7. The zero-order valence-electron chi connectivity index (χ0n) is 16.9. The second-order valence-electron chi connectivity index (χ2n) is 6.96. The highest BCUT2D eigenvalue weighted by molar-refractivity contribution is 9.10. The Morgan fingerprint density at radius 2 is 2.07 bits per heavy atom. The van der Waals surface area contributed by atoms with Crippen molar-refractivity contribution >= 4 is 49.9 Å². The summed E-state index contributed by atoms with van der Waals surface area (Å²) < 4.78 is 0.946. The van der Waals surface area contributed by atoms with Crippen LogP contribution < -0.4 is 10.6 Å². The van der Waals surface area contributed by atoms with E-state index in [4.69, 9.17) is 0 Å². The number of carbonyl (C=O) groups is 1. The Hall–Kier alpha value is -3.02.